The highest BCUT2D eigenvalue weighted by Gasteiger charge is 2.51. The number of nitrogens with one attached hydrogen (secondary N) is 3. The summed E-state index contributed by atoms with van der Waals surface area (Å²) in [4.78, 5) is 11.3. The van der Waals surface area contributed by atoms with E-state index >= 15 is 0 Å². The molecule has 19 heavy (non-hydrogen) atoms. The average molecular weight is 301 g/mol. The Bertz CT molecular complexity index is 351. The zero-order chi connectivity index (χ0) is 15.5. The second-order valence-electron chi connectivity index (χ2n) is 5.33. The van der Waals surface area contributed by atoms with E-state index in [2.05, 4.69) is 10.7 Å². The minimum atomic E-state index is -4.88. The number of alkyl halides is 3. The SMILES string of the molecule is CC(C)(C)NC(=S)NNC(=O)C[C@](C)(O)C(F)(F)F. The van der Waals surface area contributed by atoms with Crippen LogP contribution in [0.25, 0.3) is 0 Å². The Kier molecular flexibility index (Phi) is 5.57. The molecule has 0 aliphatic heterocycles. The summed E-state index contributed by atoms with van der Waals surface area (Å²) in [7, 11) is 0. The van der Waals surface area contributed by atoms with Gasteiger partial charge in [0.05, 0.1) is 6.42 Å². The van der Waals surface area contributed by atoms with Crippen LogP contribution < -0.4 is 16.2 Å². The smallest absolute Gasteiger partial charge is 0.380 e. The molecule has 0 aromatic heterocycles. The van der Waals surface area contributed by atoms with E-state index in [0.29, 0.717) is 6.92 Å². The number of thiocarbonyl (C=S) groups is 1. The van der Waals surface area contributed by atoms with Gasteiger partial charge in [0.15, 0.2) is 10.7 Å². The van der Waals surface area contributed by atoms with E-state index in [9.17, 15) is 18.0 Å². The molecule has 0 saturated heterocycles. The first-order chi connectivity index (χ1) is 8.24. The maximum Gasteiger partial charge on any atom is 0.417 e. The third-order valence-electron chi connectivity index (χ3n) is 1.92. The number of hydrogen-bond acceptors (Lipinski definition) is 3. The van der Waals surface area contributed by atoms with Gasteiger partial charge in [-0.15, -0.1) is 0 Å². The summed E-state index contributed by atoms with van der Waals surface area (Å²) in [6.07, 6.45) is -6.00. The summed E-state index contributed by atoms with van der Waals surface area (Å²) in [5.74, 6) is -1.03. The first-order valence-electron chi connectivity index (χ1n) is 5.41. The van der Waals surface area contributed by atoms with E-state index in [-0.39, 0.29) is 10.7 Å². The third-order valence-corrected chi connectivity index (χ3v) is 2.12. The lowest BCUT2D eigenvalue weighted by molar-refractivity contribution is -0.253. The molecule has 112 valence electrons. The zero-order valence-corrected chi connectivity index (χ0v) is 11.9. The molecule has 5 nitrogen and oxygen atoms in total. The predicted octanol–water partition coefficient (Wildman–Crippen LogP) is 0.984. The van der Waals surface area contributed by atoms with Gasteiger partial charge in [-0.05, 0) is 39.9 Å². The van der Waals surface area contributed by atoms with Crippen molar-refractivity contribution in [2.24, 2.45) is 0 Å². The van der Waals surface area contributed by atoms with Crippen molar-refractivity contribution < 1.29 is 23.1 Å². The predicted molar refractivity (Wildman–Crippen MR) is 68.1 cm³/mol. The molecule has 0 spiro atoms. The Balaban J connectivity index is 4.25. The van der Waals surface area contributed by atoms with Crippen LogP contribution in [0, 0.1) is 0 Å². The molecule has 0 rings (SSSR count). The van der Waals surface area contributed by atoms with Crippen LogP contribution in [0.2, 0.25) is 0 Å². The van der Waals surface area contributed by atoms with Gasteiger partial charge in [-0.2, -0.15) is 13.2 Å². The fourth-order valence-corrected chi connectivity index (χ4v) is 1.31. The molecule has 4 N–H and O–H groups in total. The molecule has 0 fully saturated rings. The van der Waals surface area contributed by atoms with Gasteiger partial charge < -0.3 is 10.4 Å². The van der Waals surface area contributed by atoms with Gasteiger partial charge in [0.25, 0.3) is 0 Å². The quantitative estimate of drug-likeness (QED) is 0.452. The number of hydrazine groups is 1. The number of carbonyl (C=O) groups is 1. The van der Waals surface area contributed by atoms with Crippen LogP contribution in [-0.2, 0) is 4.79 Å². The Morgan fingerprint density at radius 1 is 1.16 bits per heavy atom. The van der Waals surface area contributed by atoms with Crippen LogP contribution in [0.4, 0.5) is 13.2 Å². The molecule has 0 unspecified atom stereocenters. The van der Waals surface area contributed by atoms with Gasteiger partial charge in [-0.25, -0.2) is 0 Å². The lowest BCUT2D eigenvalue weighted by Crippen LogP contribution is -2.54. The summed E-state index contributed by atoms with van der Waals surface area (Å²) in [5, 5.41) is 12.0. The molecule has 0 aromatic carbocycles. The lowest BCUT2D eigenvalue weighted by Gasteiger charge is -2.26. The fraction of sp³-hybridized carbons (Fsp3) is 0.800. The standard InChI is InChI=1S/C10H18F3N3O2S/c1-8(2,3)14-7(19)16-15-6(17)5-9(4,18)10(11,12)13/h18H,5H2,1-4H3,(H,15,17)(H2,14,16,19)/t9-/m0/s1. The largest absolute Gasteiger partial charge is 0.417 e. The summed E-state index contributed by atoms with van der Waals surface area (Å²) in [5.41, 5.74) is 0.796. The number of aliphatic hydroxyl groups is 1. The van der Waals surface area contributed by atoms with Crippen LogP contribution in [-0.4, -0.2) is 33.4 Å². The Labute approximate surface area is 114 Å². The van der Waals surface area contributed by atoms with Crippen LogP contribution >= 0.6 is 12.2 Å². The maximum absolute atomic E-state index is 12.3. The number of halogens is 3. The minimum absolute atomic E-state index is 0.0625. The first-order valence-corrected chi connectivity index (χ1v) is 5.81. The van der Waals surface area contributed by atoms with E-state index in [1.807, 2.05) is 26.2 Å². The molecule has 0 aromatic rings. The van der Waals surface area contributed by atoms with Crippen molar-refractivity contribution >= 4 is 23.2 Å². The van der Waals surface area contributed by atoms with Gasteiger partial charge in [0.2, 0.25) is 5.91 Å². The highest BCUT2D eigenvalue weighted by Crippen LogP contribution is 2.32. The maximum atomic E-state index is 12.3. The summed E-state index contributed by atoms with van der Waals surface area (Å²) < 4.78 is 37.0. The topological polar surface area (TPSA) is 73.4 Å². The van der Waals surface area contributed by atoms with Gasteiger partial charge >= 0.3 is 6.18 Å². The molecule has 0 radical (unpaired) electrons. The Hall–Kier alpha value is -1.09. The fourth-order valence-electron chi connectivity index (χ4n) is 0.955. The molecule has 9 heteroatoms. The molecule has 0 heterocycles. The van der Waals surface area contributed by atoms with E-state index < -0.39 is 24.1 Å². The molecule has 0 saturated carbocycles. The minimum Gasteiger partial charge on any atom is -0.380 e. The van der Waals surface area contributed by atoms with Gasteiger partial charge in [0, 0.05) is 5.54 Å². The lowest BCUT2D eigenvalue weighted by atomic mass is 10.0. The molecule has 0 aliphatic rings. The molecular formula is C10H18F3N3O2S. The zero-order valence-electron chi connectivity index (χ0n) is 11.1. The third kappa shape index (κ3) is 7.16. The van der Waals surface area contributed by atoms with E-state index in [1.165, 1.54) is 0 Å². The Morgan fingerprint density at radius 2 is 1.63 bits per heavy atom. The first kappa shape index (κ1) is 17.9. The van der Waals surface area contributed by atoms with Crippen molar-refractivity contribution in [3.05, 3.63) is 0 Å². The highest BCUT2D eigenvalue weighted by molar-refractivity contribution is 7.80. The second-order valence-corrected chi connectivity index (χ2v) is 5.73. The number of hydrogen-bond donors (Lipinski definition) is 4. The van der Waals surface area contributed by atoms with Crippen LogP contribution in [0.5, 0.6) is 0 Å². The van der Waals surface area contributed by atoms with Crippen molar-refractivity contribution in [1.29, 1.82) is 0 Å². The van der Waals surface area contributed by atoms with E-state index in [0.717, 1.165) is 0 Å². The van der Waals surface area contributed by atoms with Crippen LogP contribution in [0.1, 0.15) is 34.1 Å². The number of rotatable bonds is 2. The highest BCUT2D eigenvalue weighted by atomic mass is 32.1. The normalized spacial score (nSPS) is 15.4. The second kappa shape index (κ2) is 5.91. The van der Waals surface area contributed by atoms with E-state index in [1.54, 1.807) is 0 Å². The molecule has 1 amide bonds. The van der Waals surface area contributed by atoms with Crippen molar-refractivity contribution in [3.63, 3.8) is 0 Å². The van der Waals surface area contributed by atoms with Crippen LogP contribution in [0.3, 0.4) is 0 Å². The molecule has 0 bridgehead atoms. The number of carbonyl (C=O) groups excluding carboxylic acids is 1. The van der Waals surface area contributed by atoms with Crippen molar-refractivity contribution in [2.45, 2.75) is 51.4 Å². The Morgan fingerprint density at radius 3 is 2.00 bits per heavy atom. The van der Waals surface area contributed by atoms with Gasteiger partial charge in [0.1, 0.15) is 0 Å². The average Bonchev–Trinajstić information content (AvgIpc) is 2.09. The van der Waals surface area contributed by atoms with Gasteiger partial charge in [-0.3, -0.25) is 15.6 Å². The molecule has 0 aliphatic carbocycles. The van der Waals surface area contributed by atoms with E-state index in [4.69, 9.17) is 17.3 Å². The molecule has 1 atom stereocenters. The summed E-state index contributed by atoms with van der Waals surface area (Å²) in [6, 6.07) is 0. The van der Waals surface area contributed by atoms with Crippen molar-refractivity contribution in [2.75, 3.05) is 0 Å². The van der Waals surface area contributed by atoms with Crippen molar-refractivity contribution in [1.82, 2.24) is 16.2 Å². The summed E-state index contributed by atoms with van der Waals surface area (Å²) >= 11 is 4.81. The molecular weight excluding hydrogens is 283 g/mol. The number of amides is 1. The summed E-state index contributed by atoms with van der Waals surface area (Å²) in [6.45, 7) is 5.98. The van der Waals surface area contributed by atoms with Gasteiger partial charge in [-0.1, -0.05) is 0 Å². The monoisotopic (exact) mass is 301 g/mol. The van der Waals surface area contributed by atoms with Crippen LogP contribution in [0.15, 0.2) is 0 Å². The van der Waals surface area contributed by atoms with Crippen molar-refractivity contribution in [3.8, 4) is 0 Å².